The van der Waals surface area contributed by atoms with Gasteiger partial charge in [-0.3, -0.25) is 19.3 Å². The highest BCUT2D eigenvalue weighted by atomic mass is 16.2. The van der Waals surface area contributed by atoms with Crippen LogP contribution in [-0.2, 0) is 15.1 Å². The minimum absolute atomic E-state index is 0.235. The number of nitrogens with zero attached hydrogens (tertiary/aromatic N) is 1. The fourth-order valence-electron chi connectivity index (χ4n) is 3.23. The van der Waals surface area contributed by atoms with Crippen LogP contribution in [0.5, 0.6) is 0 Å². The Balaban J connectivity index is 1.67. The number of rotatable bonds is 7. The summed E-state index contributed by atoms with van der Waals surface area (Å²) in [7, 11) is 0. The molecule has 3 rings (SSSR count). The topological polar surface area (TPSA) is 108 Å². The molecular formula is C22H24N4O4. The molecule has 30 heavy (non-hydrogen) atoms. The van der Waals surface area contributed by atoms with Gasteiger partial charge in [0.25, 0.3) is 11.8 Å². The Hall–Kier alpha value is -3.68. The van der Waals surface area contributed by atoms with Crippen LogP contribution in [0.25, 0.3) is 0 Å². The number of hydrogen-bond donors (Lipinski definition) is 3. The highest BCUT2D eigenvalue weighted by Gasteiger charge is 2.49. The average Bonchev–Trinajstić information content (AvgIpc) is 2.96. The van der Waals surface area contributed by atoms with Gasteiger partial charge in [-0.2, -0.15) is 0 Å². The monoisotopic (exact) mass is 408 g/mol. The molecule has 3 N–H and O–H groups in total. The number of imide groups is 1. The lowest BCUT2D eigenvalue weighted by Crippen LogP contribution is -2.42. The average molecular weight is 408 g/mol. The summed E-state index contributed by atoms with van der Waals surface area (Å²) >= 11 is 0. The number of amides is 5. The van der Waals surface area contributed by atoms with Crippen molar-refractivity contribution in [2.24, 2.45) is 0 Å². The molecule has 2 aromatic carbocycles. The summed E-state index contributed by atoms with van der Waals surface area (Å²) in [6.07, 6.45) is 0.815. The number of hydrogen-bond acceptors (Lipinski definition) is 4. The van der Waals surface area contributed by atoms with Crippen molar-refractivity contribution < 1.29 is 19.2 Å². The third-order valence-corrected chi connectivity index (χ3v) is 4.87. The highest BCUT2D eigenvalue weighted by Crippen LogP contribution is 2.28. The Morgan fingerprint density at radius 1 is 1.07 bits per heavy atom. The van der Waals surface area contributed by atoms with Crippen LogP contribution in [-0.4, -0.2) is 41.7 Å². The number of benzene rings is 2. The Kier molecular flexibility index (Phi) is 6.15. The molecule has 2 aromatic rings. The van der Waals surface area contributed by atoms with Crippen LogP contribution >= 0.6 is 0 Å². The van der Waals surface area contributed by atoms with Crippen LogP contribution < -0.4 is 16.0 Å². The van der Waals surface area contributed by atoms with Crippen molar-refractivity contribution in [1.82, 2.24) is 15.5 Å². The van der Waals surface area contributed by atoms with Crippen LogP contribution in [0.2, 0.25) is 0 Å². The molecule has 0 saturated carbocycles. The SMILES string of the molecule is CCCNC(=O)c1cccc(NC(=O)CN2C(=O)NC(C)(c3ccccc3)C2=O)c1. The first kappa shape index (κ1) is 21.0. The second-order valence-electron chi connectivity index (χ2n) is 7.20. The molecule has 0 spiro atoms. The maximum Gasteiger partial charge on any atom is 0.325 e. The Bertz CT molecular complexity index is 976. The van der Waals surface area contributed by atoms with Gasteiger partial charge in [0.05, 0.1) is 0 Å². The van der Waals surface area contributed by atoms with E-state index in [9.17, 15) is 19.2 Å². The number of carbonyl (C=O) groups excluding carboxylic acids is 4. The van der Waals surface area contributed by atoms with Crippen LogP contribution in [0.3, 0.4) is 0 Å². The van der Waals surface area contributed by atoms with E-state index in [0.717, 1.165) is 11.3 Å². The molecule has 0 radical (unpaired) electrons. The number of carbonyl (C=O) groups is 4. The smallest absolute Gasteiger partial charge is 0.325 e. The van der Waals surface area contributed by atoms with E-state index < -0.39 is 29.9 Å². The first-order chi connectivity index (χ1) is 14.3. The standard InChI is InChI=1S/C22H24N4O4/c1-3-12-23-19(28)15-8-7-11-17(13-15)24-18(27)14-26-20(29)22(2,25-21(26)30)16-9-5-4-6-10-16/h4-11,13H,3,12,14H2,1-2H3,(H,23,28)(H,24,27)(H,25,30). The molecule has 156 valence electrons. The largest absolute Gasteiger partial charge is 0.352 e. The van der Waals surface area contributed by atoms with Crippen LogP contribution in [0.4, 0.5) is 10.5 Å². The zero-order chi connectivity index (χ0) is 21.7. The fraction of sp³-hybridized carbons (Fsp3) is 0.273. The second kappa shape index (κ2) is 8.77. The van der Waals surface area contributed by atoms with Gasteiger partial charge in [-0.25, -0.2) is 4.79 Å². The van der Waals surface area contributed by atoms with Gasteiger partial charge in [0, 0.05) is 17.8 Å². The van der Waals surface area contributed by atoms with E-state index in [4.69, 9.17) is 0 Å². The van der Waals surface area contributed by atoms with Gasteiger partial charge in [0.2, 0.25) is 5.91 Å². The minimum atomic E-state index is -1.23. The summed E-state index contributed by atoms with van der Waals surface area (Å²) in [6.45, 7) is 3.69. The van der Waals surface area contributed by atoms with E-state index in [2.05, 4.69) is 16.0 Å². The van der Waals surface area contributed by atoms with Gasteiger partial charge >= 0.3 is 6.03 Å². The van der Waals surface area contributed by atoms with Crippen molar-refractivity contribution in [3.05, 3.63) is 65.7 Å². The Morgan fingerprint density at radius 3 is 2.50 bits per heavy atom. The molecule has 1 saturated heterocycles. The summed E-state index contributed by atoms with van der Waals surface area (Å²) in [5, 5.41) is 8.07. The molecule has 0 bridgehead atoms. The number of anilines is 1. The van der Waals surface area contributed by atoms with E-state index >= 15 is 0 Å². The molecule has 8 nitrogen and oxygen atoms in total. The van der Waals surface area contributed by atoms with Gasteiger partial charge in [-0.15, -0.1) is 0 Å². The van der Waals surface area contributed by atoms with Crippen molar-refractivity contribution in [1.29, 1.82) is 0 Å². The zero-order valence-corrected chi connectivity index (χ0v) is 16.9. The molecule has 0 aliphatic carbocycles. The van der Waals surface area contributed by atoms with E-state index in [1.807, 2.05) is 13.0 Å². The molecule has 0 aromatic heterocycles. The van der Waals surface area contributed by atoms with Gasteiger partial charge in [-0.05, 0) is 37.1 Å². The molecule has 1 aliphatic rings. The predicted octanol–water partition coefficient (Wildman–Crippen LogP) is 2.23. The van der Waals surface area contributed by atoms with E-state index in [1.165, 1.54) is 0 Å². The molecule has 1 unspecified atom stereocenters. The molecule has 5 amide bonds. The zero-order valence-electron chi connectivity index (χ0n) is 16.9. The normalized spacial score (nSPS) is 18.1. The second-order valence-corrected chi connectivity index (χ2v) is 7.20. The van der Waals surface area contributed by atoms with Crippen molar-refractivity contribution in [3.8, 4) is 0 Å². The van der Waals surface area contributed by atoms with Crippen molar-refractivity contribution in [3.63, 3.8) is 0 Å². The van der Waals surface area contributed by atoms with Crippen molar-refractivity contribution >= 4 is 29.4 Å². The predicted molar refractivity (Wildman–Crippen MR) is 112 cm³/mol. The van der Waals surface area contributed by atoms with Gasteiger partial charge < -0.3 is 16.0 Å². The molecule has 1 atom stereocenters. The third-order valence-electron chi connectivity index (χ3n) is 4.87. The van der Waals surface area contributed by atoms with E-state index in [-0.39, 0.29) is 5.91 Å². The molecule has 1 heterocycles. The van der Waals surface area contributed by atoms with E-state index in [1.54, 1.807) is 55.5 Å². The summed E-state index contributed by atoms with van der Waals surface area (Å²) in [6, 6.07) is 14.7. The highest BCUT2D eigenvalue weighted by molar-refractivity contribution is 6.10. The quantitative estimate of drug-likeness (QED) is 0.611. The molecule has 1 aliphatic heterocycles. The van der Waals surface area contributed by atoms with Gasteiger partial charge in [0.15, 0.2) is 0 Å². The van der Waals surface area contributed by atoms with Crippen molar-refractivity contribution in [2.75, 3.05) is 18.4 Å². The molecule has 1 fully saturated rings. The maximum atomic E-state index is 12.9. The van der Waals surface area contributed by atoms with Crippen LogP contribution in [0.1, 0.15) is 36.2 Å². The molecule has 8 heteroatoms. The molecular weight excluding hydrogens is 384 g/mol. The van der Waals surface area contributed by atoms with Crippen molar-refractivity contribution in [2.45, 2.75) is 25.8 Å². The summed E-state index contributed by atoms with van der Waals surface area (Å²) in [5.74, 6) is -1.27. The Morgan fingerprint density at radius 2 is 1.80 bits per heavy atom. The lowest BCUT2D eigenvalue weighted by atomic mass is 9.92. The number of urea groups is 1. The van der Waals surface area contributed by atoms with Crippen LogP contribution in [0.15, 0.2) is 54.6 Å². The van der Waals surface area contributed by atoms with Gasteiger partial charge in [0.1, 0.15) is 12.1 Å². The summed E-state index contributed by atoms with van der Waals surface area (Å²) in [4.78, 5) is 50.7. The minimum Gasteiger partial charge on any atom is -0.352 e. The van der Waals surface area contributed by atoms with Crippen LogP contribution in [0, 0.1) is 0 Å². The Labute approximate surface area is 174 Å². The summed E-state index contributed by atoms with van der Waals surface area (Å²) in [5.41, 5.74) is 0.225. The number of nitrogens with one attached hydrogen (secondary N) is 3. The van der Waals surface area contributed by atoms with E-state index in [0.29, 0.717) is 23.4 Å². The van der Waals surface area contributed by atoms with Gasteiger partial charge in [-0.1, -0.05) is 43.3 Å². The fourth-order valence-corrected chi connectivity index (χ4v) is 3.23. The summed E-state index contributed by atoms with van der Waals surface area (Å²) < 4.78 is 0. The first-order valence-electron chi connectivity index (χ1n) is 9.73. The first-order valence-corrected chi connectivity index (χ1v) is 9.73. The lowest BCUT2D eigenvalue weighted by Gasteiger charge is -2.22. The lowest BCUT2D eigenvalue weighted by molar-refractivity contribution is -0.133. The third kappa shape index (κ3) is 4.32. The maximum absolute atomic E-state index is 12.9.